The minimum atomic E-state index is -0.778. The number of hydrogen-bond donors (Lipinski definition) is 1. The maximum absolute atomic E-state index is 13.6. The highest BCUT2D eigenvalue weighted by atomic mass is 79.9. The molecule has 1 aliphatic rings. The molecule has 0 aromatic heterocycles. The fourth-order valence-corrected chi connectivity index (χ4v) is 3.54. The van der Waals surface area contributed by atoms with Crippen molar-refractivity contribution in [1.82, 2.24) is 4.90 Å². The van der Waals surface area contributed by atoms with Crippen LogP contribution in [-0.4, -0.2) is 42.4 Å². The van der Waals surface area contributed by atoms with Crippen LogP contribution in [0.3, 0.4) is 0 Å². The molecule has 0 radical (unpaired) electrons. The first kappa shape index (κ1) is 17.6. The van der Waals surface area contributed by atoms with Gasteiger partial charge in [-0.15, -0.1) is 0 Å². The molecule has 1 aliphatic heterocycles. The second kappa shape index (κ2) is 7.70. The van der Waals surface area contributed by atoms with Crippen LogP contribution in [0.5, 0.6) is 5.75 Å². The third kappa shape index (κ3) is 4.89. The van der Waals surface area contributed by atoms with E-state index >= 15 is 0 Å². The molecule has 22 heavy (non-hydrogen) atoms. The summed E-state index contributed by atoms with van der Waals surface area (Å²) in [5, 5.41) is 10.1. The Morgan fingerprint density at radius 2 is 1.82 bits per heavy atom. The van der Waals surface area contributed by atoms with Crippen molar-refractivity contribution in [2.75, 3.05) is 26.2 Å². The van der Waals surface area contributed by atoms with Gasteiger partial charge in [-0.3, -0.25) is 0 Å². The summed E-state index contributed by atoms with van der Waals surface area (Å²) in [7, 11) is 0. The van der Waals surface area contributed by atoms with Crippen LogP contribution < -0.4 is 4.74 Å². The van der Waals surface area contributed by atoms with E-state index in [2.05, 4.69) is 34.7 Å². The van der Waals surface area contributed by atoms with Gasteiger partial charge in [-0.2, -0.15) is 0 Å². The minimum Gasteiger partial charge on any atom is -0.485 e. The number of hydrogen-bond acceptors (Lipinski definition) is 3. The number of ether oxygens (including phenoxy) is 1. The molecule has 6 heteroatoms. The number of aliphatic hydroxyl groups excluding tert-OH is 1. The van der Waals surface area contributed by atoms with E-state index in [4.69, 9.17) is 4.74 Å². The molecule has 1 heterocycles. The number of aliphatic hydroxyl groups is 1. The lowest BCUT2D eigenvalue weighted by atomic mass is 9.92. The smallest absolute Gasteiger partial charge is 0.190 e. The standard InChI is InChI=1S/C16H22BrF2NO2/c1-10-3-11(2)7-20(6-10)8-13(21)9-22-16-14(18)4-12(17)5-15(16)19/h4-5,10-11,13,21H,3,6-9H2,1-2H3/t10-,11+,13-/m0/s1. The predicted molar refractivity (Wildman–Crippen MR) is 84.9 cm³/mol. The molecule has 1 N–H and O–H groups in total. The van der Waals surface area contributed by atoms with Crippen molar-refractivity contribution < 1.29 is 18.6 Å². The van der Waals surface area contributed by atoms with Gasteiger partial charge < -0.3 is 14.7 Å². The Labute approximate surface area is 138 Å². The van der Waals surface area contributed by atoms with Crippen LogP contribution >= 0.6 is 15.9 Å². The summed E-state index contributed by atoms with van der Waals surface area (Å²) in [5.41, 5.74) is 0. The lowest BCUT2D eigenvalue weighted by Crippen LogP contribution is -2.44. The molecule has 0 amide bonds. The fourth-order valence-electron chi connectivity index (χ4n) is 3.14. The largest absolute Gasteiger partial charge is 0.485 e. The van der Waals surface area contributed by atoms with E-state index in [-0.39, 0.29) is 6.61 Å². The van der Waals surface area contributed by atoms with Gasteiger partial charge in [0.15, 0.2) is 17.4 Å². The van der Waals surface area contributed by atoms with E-state index < -0.39 is 23.5 Å². The molecular weight excluding hydrogens is 356 g/mol. The van der Waals surface area contributed by atoms with Gasteiger partial charge in [-0.25, -0.2) is 8.78 Å². The second-order valence-corrected chi connectivity index (χ2v) is 7.24. The molecule has 0 aliphatic carbocycles. The SMILES string of the molecule is C[C@@H]1C[C@H](C)CN(C[C@H](O)COc2c(F)cc(Br)cc2F)C1. The number of halogens is 3. The Morgan fingerprint density at radius 1 is 1.27 bits per heavy atom. The summed E-state index contributed by atoms with van der Waals surface area (Å²) >= 11 is 3.01. The van der Waals surface area contributed by atoms with E-state index in [1.807, 2.05) is 0 Å². The van der Waals surface area contributed by atoms with Crippen LogP contribution in [0.2, 0.25) is 0 Å². The van der Waals surface area contributed by atoms with Crippen LogP contribution in [0.15, 0.2) is 16.6 Å². The molecule has 1 saturated heterocycles. The lowest BCUT2D eigenvalue weighted by Gasteiger charge is -2.35. The summed E-state index contributed by atoms with van der Waals surface area (Å²) in [5.74, 6) is -0.808. The van der Waals surface area contributed by atoms with E-state index in [1.165, 1.54) is 6.42 Å². The Morgan fingerprint density at radius 3 is 2.36 bits per heavy atom. The summed E-state index contributed by atoms with van der Waals surface area (Å²) in [6.45, 7) is 6.57. The van der Waals surface area contributed by atoms with Crippen LogP contribution in [0, 0.1) is 23.5 Å². The normalized spacial score (nSPS) is 24.3. The van der Waals surface area contributed by atoms with Gasteiger partial charge in [-0.1, -0.05) is 29.8 Å². The molecule has 1 aromatic rings. The third-order valence-corrected chi connectivity index (χ3v) is 4.25. The molecule has 1 fully saturated rings. The molecule has 3 nitrogen and oxygen atoms in total. The van der Waals surface area contributed by atoms with Gasteiger partial charge >= 0.3 is 0 Å². The zero-order valence-corrected chi connectivity index (χ0v) is 14.4. The molecule has 2 rings (SSSR count). The number of benzene rings is 1. The quantitative estimate of drug-likeness (QED) is 0.852. The zero-order valence-electron chi connectivity index (χ0n) is 12.9. The van der Waals surface area contributed by atoms with Gasteiger partial charge in [0.25, 0.3) is 0 Å². The Bertz CT molecular complexity index is 482. The van der Waals surface area contributed by atoms with Crippen LogP contribution in [-0.2, 0) is 0 Å². The molecule has 0 bridgehead atoms. The first-order valence-electron chi connectivity index (χ1n) is 7.53. The Hall–Kier alpha value is -0.720. The van der Waals surface area contributed by atoms with E-state index in [1.54, 1.807) is 0 Å². The molecule has 3 atom stereocenters. The van der Waals surface area contributed by atoms with Crippen LogP contribution in [0.25, 0.3) is 0 Å². The van der Waals surface area contributed by atoms with Gasteiger partial charge in [0.1, 0.15) is 12.7 Å². The first-order chi connectivity index (χ1) is 10.3. The van der Waals surface area contributed by atoms with Gasteiger partial charge in [0, 0.05) is 24.1 Å². The maximum atomic E-state index is 13.6. The van der Waals surface area contributed by atoms with Crippen molar-refractivity contribution in [2.24, 2.45) is 11.8 Å². The topological polar surface area (TPSA) is 32.7 Å². The summed E-state index contributed by atoms with van der Waals surface area (Å²) in [4.78, 5) is 2.18. The van der Waals surface area contributed by atoms with E-state index in [9.17, 15) is 13.9 Å². The molecule has 0 saturated carbocycles. The predicted octanol–water partition coefficient (Wildman–Crippen LogP) is 3.44. The molecule has 0 unspecified atom stereocenters. The summed E-state index contributed by atoms with van der Waals surface area (Å²) < 4.78 is 32.7. The van der Waals surface area contributed by atoms with Gasteiger partial charge in [0.2, 0.25) is 0 Å². The zero-order chi connectivity index (χ0) is 16.3. The molecule has 1 aromatic carbocycles. The highest BCUT2D eigenvalue weighted by Crippen LogP contribution is 2.26. The number of rotatable bonds is 5. The van der Waals surface area contributed by atoms with Crippen LogP contribution in [0.4, 0.5) is 8.78 Å². The second-order valence-electron chi connectivity index (χ2n) is 6.33. The summed E-state index contributed by atoms with van der Waals surface area (Å²) in [6.07, 6.45) is 0.415. The average Bonchev–Trinajstić information content (AvgIpc) is 2.35. The van der Waals surface area contributed by atoms with Crippen LogP contribution in [0.1, 0.15) is 20.3 Å². The number of β-amino-alcohol motifs (C(OH)–C–C–N with tert-alkyl or cyclic N) is 1. The van der Waals surface area contributed by atoms with Crippen molar-refractivity contribution >= 4 is 15.9 Å². The highest BCUT2D eigenvalue weighted by Gasteiger charge is 2.24. The van der Waals surface area contributed by atoms with Gasteiger partial charge in [0.05, 0.1) is 0 Å². The Kier molecular flexibility index (Phi) is 6.17. The molecular formula is C16H22BrF2NO2. The number of likely N-dealkylation sites (tertiary alicyclic amines) is 1. The minimum absolute atomic E-state index is 0.130. The third-order valence-electron chi connectivity index (χ3n) is 3.80. The van der Waals surface area contributed by atoms with E-state index in [0.29, 0.717) is 22.9 Å². The van der Waals surface area contributed by atoms with Crippen molar-refractivity contribution in [3.05, 3.63) is 28.2 Å². The fraction of sp³-hybridized carbons (Fsp3) is 0.625. The highest BCUT2D eigenvalue weighted by molar-refractivity contribution is 9.10. The van der Waals surface area contributed by atoms with Crippen molar-refractivity contribution in [1.29, 1.82) is 0 Å². The molecule has 124 valence electrons. The lowest BCUT2D eigenvalue weighted by molar-refractivity contribution is 0.0410. The van der Waals surface area contributed by atoms with Crippen molar-refractivity contribution in [3.63, 3.8) is 0 Å². The van der Waals surface area contributed by atoms with Crippen molar-refractivity contribution in [3.8, 4) is 5.75 Å². The number of nitrogens with zero attached hydrogens (tertiary/aromatic N) is 1. The molecule has 0 spiro atoms. The average molecular weight is 378 g/mol. The maximum Gasteiger partial charge on any atom is 0.190 e. The van der Waals surface area contributed by atoms with Crippen molar-refractivity contribution in [2.45, 2.75) is 26.4 Å². The van der Waals surface area contributed by atoms with E-state index in [0.717, 1.165) is 25.2 Å². The Balaban J connectivity index is 1.86. The monoisotopic (exact) mass is 377 g/mol. The number of piperidine rings is 1. The summed E-state index contributed by atoms with van der Waals surface area (Å²) in [6, 6.07) is 2.28. The first-order valence-corrected chi connectivity index (χ1v) is 8.32. The van der Waals surface area contributed by atoms with Gasteiger partial charge in [-0.05, 0) is 30.4 Å².